The SMILES string of the molecule is O=C(Cl)N1CCC(c2ccc(F)cc2)CC1. The Kier molecular flexibility index (Phi) is 3.44. The molecule has 0 bridgehead atoms. The fourth-order valence-corrected chi connectivity index (χ4v) is 2.29. The fourth-order valence-electron chi connectivity index (χ4n) is 2.12. The van der Waals surface area contributed by atoms with Crippen molar-refractivity contribution in [1.29, 1.82) is 0 Å². The van der Waals surface area contributed by atoms with Gasteiger partial charge in [-0.1, -0.05) is 12.1 Å². The van der Waals surface area contributed by atoms with Crippen molar-refractivity contribution in [1.82, 2.24) is 4.90 Å². The molecule has 1 aromatic carbocycles. The number of rotatable bonds is 1. The number of piperidine rings is 1. The molecule has 0 aromatic heterocycles. The van der Waals surface area contributed by atoms with Crippen molar-refractivity contribution >= 4 is 17.0 Å². The smallest absolute Gasteiger partial charge is 0.316 e. The molecule has 2 rings (SSSR count). The van der Waals surface area contributed by atoms with Crippen molar-refractivity contribution in [3.05, 3.63) is 35.6 Å². The van der Waals surface area contributed by atoms with Gasteiger partial charge in [-0.05, 0) is 48.1 Å². The number of likely N-dealkylation sites (tertiary alicyclic amines) is 1. The Morgan fingerprint density at radius 2 is 1.81 bits per heavy atom. The van der Waals surface area contributed by atoms with Crippen molar-refractivity contribution in [2.75, 3.05) is 13.1 Å². The maximum Gasteiger partial charge on any atom is 0.316 e. The molecule has 1 aliphatic heterocycles. The van der Waals surface area contributed by atoms with Gasteiger partial charge < -0.3 is 4.90 Å². The third kappa shape index (κ3) is 2.53. The Morgan fingerprint density at radius 3 is 2.31 bits per heavy atom. The van der Waals surface area contributed by atoms with Gasteiger partial charge in [-0.2, -0.15) is 0 Å². The zero-order valence-electron chi connectivity index (χ0n) is 8.83. The van der Waals surface area contributed by atoms with Crippen LogP contribution in [-0.4, -0.2) is 23.4 Å². The molecule has 1 fully saturated rings. The number of halogens is 2. The highest BCUT2D eigenvalue weighted by Crippen LogP contribution is 2.28. The predicted molar refractivity (Wildman–Crippen MR) is 61.2 cm³/mol. The number of hydrogen-bond donors (Lipinski definition) is 0. The lowest BCUT2D eigenvalue weighted by Crippen LogP contribution is -2.34. The monoisotopic (exact) mass is 241 g/mol. The summed E-state index contributed by atoms with van der Waals surface area (Å²) in [4.78, 5) is 12.6. The van der Waals surface area contributed by atoms with Gasteiger partial charge in [0.1, 0.15) is 5.82 Å². The van der Waals surface area contributed by atoms with Crippen molar-refractivity contribution < 1.29 is 9.18 Å². The van der Waals surface area contributed by atoms with E-state index in [4.69, 9.17) is 11.6 Å². The maximum absolute atomic E-state index is 12.8. The van der Waals surface area contributed by atoms with E-state index in [1.807, 2.05) is 12.1 Å². The standard InChI is InChI=1S/C12H13ClFNO/c13-12(16)15-7-5-10(6-8-15)9-1-3-11(14)4-2-9/h1-4,10H,5-8H2. The topological polar surface area (TPSA) is 20.3 Å². The van der Waals surface area contributed by atoms with E-state index in [1.165, 1.54) is 12.1 Å². The average Bonchev–Trinajstić information content (AvgIpc) is 2.30. The summed E-state index contributed by atoms with van der Waals surface area (Å²) >= 11 is 5.41. The normalized spacial score (nSPS) is 17.5. The van der Waals surface area contributed by atoms with Gasteiger partial charge in [0, 0.05) is 13.1 Å². The van der Waals surface area contributed by atoms with E-state index in [0.717, 1.165) is 18.4 Å². The third-order valence-corrected chi connectivity index (χ3v) is 3.32. The number of amides is 1. The van der Waals surface area contributed by atoms with Crippen LogP contribution in [0.4, 0.5) is 9.18 Å². The highest BCUT2D eigenvalue weighted by Gasteiger charge is 2.22. The van der Waals surface area contributed by atoms with E-state index in [-0.39, 0.29) is 11.2 Å². The van der Waals surface area contributed by atoms with E-state index in [9.17, 15) is 9.18 Å². The minimum Gasteiger partial charge on any atom is -0.329 e. The summed E-state index contributed by atoms with van der Waals surface area (Å²) in [5, 5.41) is -0.377. The van der Waals surface area contributed by atoms with Crippen LogP contribution in [0.1, 0.15) is 24.3 Å². The lowest BCUT2D eigenvalue weighted by atomic mass is 9.90. The second kappa shape index (κ2) is 4.83. The zero-order chi connectivity index (χ0) is 11.5. The molecule has 1 saturated heterocycles. The van der Waals surface area contributed by atoms with Gasteiger partial charge in [-0.3, -0.25) is 4.79 Å². The summed E-state index contributed by atoms with van der Waals surface area (Å²) in [6, 6.07) is 6.60. The Labute approximate surface area is 99.0 Å². The van der Waals surface area contributed by atoms with Gasteiger partial charge in [-0.15, -0.1) is 0 Å². The van der Waals surface area contributed by atoms with Gasteiger partial charge in [0.05, 0.1) is 0 Å². The first-order chi connectivity index (χ1) is 7.66. The van der Waals surface area contributed by atoms with Gasteiger partial charge in [-0.25, -0.2) is 4.39 Å². The van der Waals surface area contributed by atoms with E-state index in [0.29, 0.717) is 19.0 Å². The maximum atomic E-state index is 12.8. The van der Waals surface area contributed by atoms with Crippen molar-refractivity contribution in [3.63, 3.8) is 0 Å². The van der Waals surface area contributed by atoms with Gasteiger partial charge >= 0.3 is 5.37 Å². The van der Waals surface area contributed by atoms with Crippen LogP contribution in [0, 0.1) is 5.82 Å². The van der Waals surface area contributed by atoms with Gasteiger partial charge in [0.2, 0.25) is 0 Å². The first-order valence-electron chi connectivity index (χ1n) is 5.36. The molecular weight excluding hydrogens is 229 g/mol. The van der Waals surface area contributed by atoms with Crippen LogP contribution in [-0.2, 0) is 0 Å². The van der Waals surface area contributed by atoms with Crippen LogP contribution < -0.4 is 0 Å². The molecule has 1 aromatic rings. The molecule has 0 saturated carbocycles. The Balaban J connectivity index is 1.99. The molecule has 0 unspecified atom stereocenters. The molecule has 0 aliphatic carbocycles. The number of carbonyl (C=O) groups excluding carboxylic acids is 1. The van der Waals surface area contributed by atoms with Crippen LogP contribution in [0.25, 0.3) is 0 Å². The van der Waals surface area contributed by atoms with Crippen LogP contribution in [0.3, 0.4) is 0 Å². The fraction of sp³-hybridized carbons (Fsp3) is 0.417. The third-order valence-electron chi connectivity index (χ3n) is 3.08. The van der Waals surface area contributed by atoms with Gasteiger partial charge in [0.15, 0.2) is 0 Å². The molecular formula is C12H13ClFNO. The number of hydrogen-bond acceptors (Lipinski definition) is 1. The second-order valence-electron chi connectivity index (χ2n) is 4.07. The minimum atomic E-state index is -0.377. The van der Waals surface area contributed by atoms with E-state index >= 15 is 0 Å². The Bertz CT molecular complexity index is 371. The van der Waals surface area contributed by atoms with Crippen LogP contribution in [0.5, 0.6) is 0 Å². The molecule has 16 heavy (non-hydrogen) atoms. The van der Waals surface area contributed by atoms with Crippen molar-refractivity contribution in [2.45, 2.75) is 18.8 Å². The Hall–Kier alpha value is -1.09. The molecule has 1 aliphatic rings. The zero-order valence-corrected chi connectivity index (χ0v) is 9.58. The van der Waals surface area contributed by atoms with Crippen molar-refractivity contribution in [2.24, 2.45) is 0 Å². The first kappa shape index (κ1) is 11.4. The summed E-state index contributed by atoms with van der Waals surface area (Å²) in [6.45, 7) is 1.37. The largest absolute Gasteiger partial charge is 0.329 e. The first-order valence-corrected chi connectivity index (χ1v) is 5.74. The number of benzene rings is 1. The summed E-state index contributed by atoms with van der Waals surface area (Å²) in [5.74, 6) is 0.199. The Morgan fingerprint density at radius 1 is 1.25 bits per heavy atom. The summed E-state index contributed by atoms with van der Waals surface area (Å²) in [7, 11) is 0. The summed E-state index contributed by atoms with van der Waals surface area (Å²) in [5.41, 5.74) is 1.14. The lowest BCUT2D eigenvalue weighted by molar-refractivity contribution is 0.204. The molecule has 4 heteroatoms. The molecule has 0 radical (unpaired) electrons. The average molecular weight is 242 g/mol. The highest BCUT2D eigenvalue weighted by atomic mass is 35.5. The highest BCUT2D eigenvalue weighted by molar-refractivity contribution is 6.62. The molecule has 1 heterocycles. The van der Waals surface area contributed by atoms with Crippen LogP contribution >= 0.6 is 11.6 Å². The van der Waals surface area contributed by atoms with E-state index in [1.54, 1.807) is 4.90 Å². The molecule has 2 nitrogen and oxygen atoms in total. The lowest BCUT2D eigenvalue weighted by Gasteiger charge is -2.30. The summed E-state index contributed by atoms with van der Waals surface area (Å²) < 4.78 is 12.8. The van der Waals surface area contributed by atoms with Crippen LogP contribution in [0.2, 0.25) is 0 Å². The molecule has 0 spiro atoms. The van der Waals surface area contributed by atoms with Crippen LogP contribution in [0.15, 0.2) is 24.3 Å². The number of nitrogens with zero attached hydrogens (tertiary/aromatic N) is 1. The van der Waals surface area contributed by atoms with E-state index in [2.05, 4.69) is 0 Å². The quantitative estimate of drug-likeness (QED) is 0.545. The van der Waals surface area contributed by atoms with Gasteiger partial charge in [0.25, 0.3) is 0 Å². The second-order valence-corrected chi connectivity index (χ2v) is 4.39. The number of carbonyl (C=O) groups is 1. The molecule has 86 valence electrons. The van der Waals surface area contributed by atoms with Crippen molar-refractivity contribution in [3.8, 4) is 0 Å². The predicted octanol–water partition coefficient (Wildman–Crippen LogP) is 3.36. The summed E-state index contributed by atoms with van der Waals surface area (Å²) in [6.07, 6.45) is 1.79. The molecule has 1 amide bonds. The molecule has 0 atom stereocenters. The minimum absolute atomic E-state index is 0.211. The molecule has 0 N–H and O–H groups in total. The van der Waals surface area contributed by atoms with E-state index < -0.39 is 0 Å².